The number of hydrogen-bond acceptors (Lipinski definition) is 5. The van der Waals surface area contributed by atoms with Crippen LogP contribution in [0.25, 0.3) is 0 Å². The van der Waals surface area contributed by atoms with Crippen molar-refractivity contribution in [3.8, 4) is 11.5 Å². The molecule has 0 spiro atoms. The Bertz CT molecular complexity index is 989. The van der Waals surface area contributed by atoms with Crippen LogP contribution in [-0.2, 0) is 21.5 Å². The first-order valence-electron chi connectivity index (χ1n) is 10.1. The van der Waals surface area contributed by atoms with Crippen molar-refractivity contribution in [2.75, 3.05) is 26.1 Å². The van der Waals surface area contributed by atoms with E-state index in [9.17, 15) is 14.4 Å². The van der Waals surface area contributed by atoms with Gasteiger partial charge >= 0.3 is 6.03 Å². The fourth-order valence-corrected chi connectivity index (χ4v) is 3.57. The lowest BCUT2D eigenvalue weighted by molar-refractivity contribution is -0.133. The number of benzene rings is 2. The zero-order valence-electron chi connectivity index (χ0n) is 18.2. The summed E-state index contributed by atoms with van der Waals surface area (Å²) in [4.78, 5) is 39.0. The van der Waals surface area contributed by atoms with Crippen LogP contribution in [0.15, 0.2) is 42.5 Å². The molecule has 1 aliphatic rings. The molecule has 0 aliphatic carbocycles. The van der Waals surface area contributed by atoms with Gasteiger partial charge in [-0.05, 0) is 48.7 Å². The predicted octanol–water partition coefficient (Wildman–Crippen LogP) is 3.06. The number of hydrogen-bond donors (Lipinski definition) is 2. The number of nitrogens with one attached hydrogen (secondary N) is 2. The first-order valence-corrected chi connectivity index (χ1v) is 10.1. The number of amides is 4. The van der Waals surface area contributed by atoms with Crippen molar-refractivity contribution in [2.24, 2.45) is 0 Å². The highest BCUT2D eigenvalue weighted by Gasteiger charge is 2.49. The number of anilines is 1. The minimum absolute atomic E-state index is 0.385. The van der Waals surface area contributed by atoms with Crippen LogP contribution in [0.5, 0.6) is 11.5 Å². The zero-order chi connectivity index (χ0) is 22.6. The number of ether oxygens (including phenoxy) is 2. The summed E-state index contributed by atoms with van der Waals surface area (Å²) in [6, 6.07) is 11.9. The van der Waals surface area contributed by atoms with E-state index in [1.165, 1.54) is 19.8 Å². The van der Waals surface area contributed by atoms with Gasteiger partial charge in [-0.25, -0.2) is 4.79 Å². The number of carbonyl (C=O) groups is 3. The minimum atomic E-state index is -1.32. The van der Waals surface area contributed by atoms with E-state index < -0.39 is 23.4 Å². The van der Waals surface area contributed by atoms with Crippen LogP contribution in [0.3, 0.4) is 0 Å². The predicted molar refractivity (Wildman–Crippen MR) is 116 cm³/mol. The van der Waals surface area contributed by atoms with Crippen molar-refractivity contribution in [1.29, 1.82) is 0 Å². The Morgan fingerprint density at radius 3 is 2.35 bits per heavy atom. The van der Waals surface area contributed by atoms with Gasteiger partial charge in [0.2, 0.25) is 5.91 Å². The molecular weight excluding hydrogens is 398 g/mol. The molecular formula is C23H27N3O5. The maximum Gasteiger partial charge on any atom is 0.325 e. The van der Waals surface area contributed by atoms with E-state index in [0.717, 1.165) is 17.7 Å². The van der Waals surface area contributed by atoms with E-state index in [1.807, 2.05) is 24.3 Å². The molecule has 0 aromatic heterocycles. The van der Waals surface area contributed by atoms with Gasteiger partial charge in [0.15, 0.2) is 11.5 Å². The molecule has 3 rings (SSSR count). The maximum absolute atomic E-state index is 13.1. The summed E-state index contributed by atoms with van der Waals surface area (Å²) in [6.07, 6.45) is 2.00. The fraction of sp³-hybridized carbons (Fsp3) is 0.348. The van der Waals surface area contributed by atoms with E-state index in [2.05, 4.69) is 17.6 Å². The quantitative estimate of drug-likeness (QED) is 0.634. The van der Waals surface area contributed by atoms with Crippen molar-refractivity contribution in [3.63, 3.8) is 0 Å². The minimum Gasteiger partial charge on any atom is -0.493 e. The molecule has 31 heavy (non-hydrogen) atoms. The average Bonchev–Trinajstić information content (AvgIpc) is 2.98. The molecule has 1 fully saturated rings. The largest absolute Gasteiger partial charge is 0.493 e. The molecule has 0 radical (unpaired) electrons. The Morgan fingerprint density at radius 2 is 1.74 bits per heavy atom. The molecule has 1 heterocycles. The summed E-state index contributed by atoms with van der Waals surface area (Å²) < 4.78 is 10.5. The maximum atomic E-state index is 13.1. The third kappa shape index (κ3) is 4.47. The third-order valence-electron chi connectivity index (χ3n) is 5.31. The Kier molecular flexibility index (Phi) is 6.48. The van der Waals surface area contributed by atoms with E-state index in [4.69, 9.17) is 9.47 Å². The van der Waals surface area contributed by atoms with Gasteiger partial charge in [0, 0.05) is 5.69 Å². The highest BCUT2D eigenvalue weighted by Crippen LogP contribution is 2.35. The van der Waals surface area contributed by atoms with Crippen molar-refractivity contribution < 1.29 is 23.9 Å². The number of methoxy groups -OCH3 is 2. The summed E-state index contributed by atoms with van der Waals surface area (Å²) in [7, 11) is 3.00. The standard InChI is InChI=1S/C23H27N3O5/c1-5-6-15-7-10-17(11-8-15)24-20(27)14-26-21(28)23(2,25-22(26)29)16-9-12-18(30-3)19(13-16)31-4/h7-13H,5-6,14H2,1-4H3,(H,24,27)(H,25,29). The van der Waals surface area contributed by atoms with Gasteiger partial charge in [0.25, 0.3) is 5.91 Å². The molecule has 1 saturated heterocycles. The Labute approximate surface area is 181 Å². The summed E-state index contributed by atoms with van der Waals surface area (Å²) >= 11 is 0. The van der Waals surface area contributed by atoms with Gasteiger partial charge in [0.1, 0.15) is 12.1 Å². The van der Waals surface area contributed by atoms with Crippen LogP contribution in [0.2, 0.25) is 0 Å². The van der Waals surface area contributed by atoms with E-state index in [1.54, 1.807) is 25.1 Å². The Balaban J connectivity index is 1.73. The average molecular weight is 425 g/mol. The molecule has 2 aromatic carbocycles. The summed E-state index contributed by atoms with van der Waals surface area (Å²) in [5.41, 5.74) is 0.997. The second kappa shape index (κ2) is 9.07. The molecule has 1 aliphatic heterocycles. The molecule has 0 saturated carbocycles. The van der Waals surface area contributed by atoms with Gasteiger partial charge in [0.05, 0.1) is 14.2 Å². The summed E-state index contributed by atoms with van der Waals surface area (Å²) in [5, 5.41) is 5.42. The lowest BCUT2D eigenvalue weighted by Gasteiger charge is -2.23. The number of nitrogens with zero attached hydrogens (tertiary/aromatic N) is 1. The SMILES string of the molecule is CCCc1ccc(NC(=O)CN2C(=O)NC(C)(c3ccc(OC)c(OC)c3)C2=O)cc1. The zero-order valence-corrected chi connectivity index (χ0v) is 18.2. The molecule has 2 N–H and O–H groups in total. The van der Waals surface area contributed by atoms with Gasteiger partial charge in [-0.3, -0.25) is 14.5 Å². The number of imide groups is 1. The molecule has 8 nitrogen and oxygen atoms in total. The third-order valence-corrected chi connectivity index (χ3v) is 5.31. The highest BCUT2D eigenvalue weighted by atomic mass is 16.5. The van der Waals surface area contributed by atoms with Gasteiger partial charge < -0.3 is 20.1 Å². The van der Waals surface area contributed by atoms with Crippen molar-refractivity contribution in [2.45, 2.75) is 32.2 Å². The molecule has 2 aromatic rings. The second-order valence-corrected chi connectivity index (χ2v) is 7.51. The van der Waals surface area contributed by atoms with E-state index >= 15 is 0 Å². The first-order chi connectivity index (χ1) is 14.8. The van der Waals surface area contributed by atoms with Gasteiger partial charge in [-0.2, -0.15) is 0 Å². The number of carbonyl (C=O) groups excluding carboxylic acids is 3. The molecule has 4 amide bonds. The number of urea groups is 1. The summed E-state index contributed by atoms with van der Waals surface area (Å²) in [5.74, 6) is -0.0275. The molecule has 164 valence electrons. The van der Waals surface area contributed by atoms with E-state index in [0.29, 0.717) is 22.7 Å². The first kappa shape index (κ1) is 22.1. The monoisotopic (exact) mass is 425 g/mol. The lowest BCUT2D eigenvalue weighted by atomic mass is 9.91. The van der Waals surface area contributed by atoms with Gasteiger partial charge in [-0.15, -0.1) is 0 Å². The fourth-order valence-electron chi connectivity index (χ4n) is 3.57. The van der Waals surface area contributed by atoms with Crippen LogP contribution in [0.1, 0.15) is 31.4 Å². The van der Waals surface area contributed by atoms with Crippen LogP contribution in [0, 0.1) is 0 Å². The highest BCUT2D eigenvalue weighted by molar-refractivity contribution is 6.10. The smallest absolute Gasteiger partial charge is 0.325 e. The van der Waals surface area contributed by atoms with Gasteiger partial charge in [-0.1, -0.05) is 31.5 Å². The van der Waals surface area contributed by atoms with Crippen LogP contribution in [-0.4, -0.2) is 43.5 Å². The van der Waals surface area contributed by atoms with Crippen molar-refractivity contribution in [1.82, 2.24) is 10.2 Å². The number of rotatable bonds is 8. The van der Waals surface area contributed by atoms with Crippen molar-refractivity contribution >= 4 is 23.5 Å². The normalized spacial score (nSPS) is 18.0. The molecule has 1 atom stereocenters. The molecule has 1 unspecified atom stereocenters. The van der Waals surface area contributed by atoms with Crippen LogP contribution < -0.4 is 20.1 Å². The topological polar surface area (TPSA) is 97.0 Å². The molecule has 8 heteroatoms. The Hall–Kier alpha value is -3.55. The van der Waals surface area contributed by atoms with Crippen LogP contribution in [0.4, 0.5) is 10.5 Å². The van der Waals surface area contributed by atoms with Crippen LogP contribution >= 0.6 is 0 Å². The van der Waals surface area contributed by atoms with E-state index in [-0.39, 0.29) is 6.54 Å². The summed E-state index contributed by atoms with van der Waals surface area (Å²) in [6.45, 7) is 3.31. The van der Waals surface area contributed by atoms with Crippen molar-refractivity contribution in [3.05, 3.63) is 53.6 Å². The lowest BCUT2D eigenvalue weighted by Crippen LogP contribution is -2.42. The second-order valence-electron chi connectivity index (χ2n) is 7.51. The number of aryl methyl sites for hydroxylation is 1. The Morgan fingerprint density at radius 1 is 1.06 bits per heavy atom. The molecule has 0 bridgehead atoms.